The second-order valence-electron chi connectivity index (χ2n) is 7.85. The number of Topliss-reactive ketones (excluding diaryl/α,β-unsaturated/α-hetero) is 1. The molecule has 2 heterocycles. The predicted octanol–water partition coefficient (Wildman–Crippen LogP) is 5.31. The molecule has 1 N–H and O–H groups in total. The van der Waals surface area contributed by atoms with Crippen molar-refractivity contribution in [3.05, 3.63) is 88.9 Å². The zero-order valence-electron chi connectivity index (χ0n) is 18.3. The Morgan fingerprint density at radius 3 is 2.56 bits per heavy atom. The second kappa shape index (κ2) is 8.75. The van der Waals surface area contributed by atoms with Crippen LogP contribution in [-0.2, 0) is 9.59 Å². The van der Waals surface area contributed by atoms with E-state index < -0.39 is 17.7 Å². The van der Waals surface area contributed by atoms with Crippen LogP contribution in [0.25, 0.3) is 5.76 Å². The lowest BCUT2D eigenvalue weighted by atomic mass is 9.98. The van der Waals surface area contributed by atoms with Gasteiger partial charge in [0.2, 0.25) is 0 Å². The van der Waals surface area contributed by atoms with Crippen LogP contribution in [0.15, 0.2) is 70.9 Å². The summed E-state index contributed by atoms with van der Waals surface area (Å²) >= 11 is 0. The van der Waals surface area contributed by atoms with Crippen molar-refractivity contribution in [1.29, 1.82) is 0 Å². The average Bonchev–Trinajstić information content (AvgIpc) is 3.39. The number of carbonyl (C=O) groups excluding carboxylic acids is 2. The summed E-state index contributed by atoms with van der Waals surface area (Å²) in [6, 6.07) is 15.0. The van der Waals surface area contributed by atoms with Gasteiger partial charge in [-0.3, -0.25) is 14.5 Å². The Morgan fingerprint density at radius 1 is 1.09 bits per heavy atom. The second-order valence-corrected chi connectivity index (χ2v) is 7.85. The van der Waals surface area contributed by atoms with Crippen LogP contribution in [0.1, 0.15) is 41.8 Å². The van der Waals surface area contributed by atoms with Gasteiger partial charge >= 0.3 is 0 Å². The summed E-state index contributed by atoms with van der Waals surface area (Å²) in [5, 5.41) is 11.2. The Morgan fingerprint density at radius 2 is 1.91 bits per heavy atom. The Balaban J connectivity index is 1.84. The number of hydrogen-bond acceptors (Lipinski definition) is 5. The maximum absolute atomic E-state index is 13.1. The average molecular weight is 431 g/mol. The number of carbonyl (C=O) groups is 2. The minimum Gasteiger partial charge on any atom is -0.507 e. The van der Waals surface area contributed by atoms with Gasteiger partial charge in [0.15, 0.2) is 0 Å². The number of rotatable bonds is 6. The van der Waals surface area contributed by atoms with Gasteiger partial charge in [0.05, 0.1) is 18.4 Å². The molecule has 1 atom stereocenters. The largest absolute Gasteiger partial charge is 0.507 e. The number of nitrogens with zero attached hydrogens (tertiary/aromatic N) is 1. The van der Waals surface area contributed by atoms with Crippen LogP contribution in [0.4, 0.5) is 5.69 Å². The smallest absolute Gasteiger partial charge is 0.300 e. The molecule has 6 heteroatoms. The van der Waals surface area contributed by atoms with E-state index in [1.54, 1.807) is 36.4 Å². The summed E-state index contributed by atoms with van der Waals surface area (Å²) in [5.74, 6) is -0.601. The first kappa shape index (κ1) is 21.4. The fraction of sp³-hybridized carbons (Fsp3) is 0.231. The number of benzene rings is 2. The predicted molar refractivity (Wildman–Crippen MR) is 122 cm³/mol. The lowest BCUT2D eigenvalue weighted by molar-refractivity contribution is -0.132. The molecule has 32 heavy (non-hydrogen) atoms. The maximum Gasteiger partial charge on any atom is 0.300 e. The summed E-state index contributed by atoms with van der Waals surface area (Å²) in [6.45, 7) is 6.40. The lowest BCUT2D eigenvalue weighted by Crippen LogP contribution is -2.29. The van der Waals surface area contributed by atoms with Crippen LogP contribution in [-0.4, -0.2) is 23.4 Å². The Hall–Kier alpha value is -3.80. The molecular formula is C26H25NO5. The van der Waals surface area contributed by atoms with Crippen molar-refractivity contribution in [2.24, 2.45) is 0 Å². The monoisotopic (exact) mass is 431 g/mol. The maximum atomic E-state index is 13.1. The molecular weight excluding hydrogens is 406 g/mol. The molecule has 1 aliphatic heterocycles. The van der Waals surface area contributed by atoms with Gasteiger partial charge in [0.25, 0.3) is 11.7 Å². The highest BCUT2D eigenvalue weighted by atomic mass is 16.5. The van der Waals surface area contributed by atoms with Gasteiger partial charge in [0.1, 0.15) is 23.3 Å². The van der Waals surface area contributed by atoms with Crippen molar-refractivity contribution in [3.63, 3.8) is 0 Å². The summed E-state index contributed by atoms with van der Waals surface area (Å²) < 4.78 is 11.3. The first-order valence-corrected chi connectivity index (χ1v) is 10.6. The van der Waals surface area contributed by atoms with Crippen molar-refractivity contribution in [2.45, 2.75) is 33.2 Å². The van der Waals surface area contributed by atoms with Gasteiger partial charge in [-0.05, 0) is 73.9 Å². The molecule has 1 fully saturated rings. The zero-order valence-corrected chi connectivity index (χ0v) is 18.3. The summed E-state index contributed by atoms with van der Waals surface area (Å²) in [6.07, 6.45) is 2.36. The van der Waals surface area contributed by atoms with Crippen LogP contribution < -0.4 is 9.64 Å². The van der Waals surface area contributed by atoms with Gasteiger partial charge < -0.3 is 14.3 Å². The third-order valence-electron chi connectivity index (χ3n) is 5.45. The Kier molecular flexibility index (Phi) is 5.86. The number of aryl methyl sites for hydroxylation is 2. The molecule has 0 aliphatic carbocycles. The fourth-order valence-electron chi connectivity index (χ4n) is 3.92. The number of aliphatic hydroxyl groups excluding tert-OH is 1. The molecule has 1 aromatic heterocycles. The number of ketones is 1. The normalized spacial score (nSPS) is 17.7. The van der Waals surface area contributed by atoms with Crippen LogP contribution in [0.3, 0.4) is 0 Å². The van der Waals surface area contributed by atoms with Crippen molar-refractivity contribution in [2.75, 3.05) is 11.5 Å². The van der Waals surface area contributed by atoms with E-state index in [2.05, 4.69) is 0 Å². The summed E-state index contributed by atoms with van der Waals surface area (Å²) in [4.78, 5) is 27.6. The number of anilines is 1. The summed E-state index contributed by atoms with van der Waals surface area (Å²) in [7, 11) is 0. The van der Waals surface area contributed by atoms with E-state index in [0.717, 1.165) is 17.5 Å². The molecule has 1 saturated heterocycles. The molecule has 0 bridgehead atoms. The van der Waals surface area contributed by atoms with Crippen LogP contribution >= 0.6 is 0 Å². The number of furan rings is 1. The number of hydrogen-bond donors (Lipinski definition) is 1. The first-order chi connectivity index (χ1) is 15.4. The highest BCUT2D eigenvalue weighted by Gasteiger charge is 2.48. The minimum atomic E-state index is -0.872. The quantitative estimate of drug-likeness (QED) is 0.325. The molecule has 1 unspecified atom stereocenters. The molecule has 0 spiro atoms. The van der Waals surface area contributed by atoms with Crippen LogP contribution in [0, 0.1) is 13.8 Å². The van der Waals surface area contributed by atoms with E-state index in [0.29, 0.717) is 29.4 Å². The Bertz CT molecular complexity index is 1190. The van der Waals surface area contributed by atoms with Gasteiger partial charge in [-0.25, -0.2) is 0 Å². The molecule has 1 amide bonds. The third-order valence-corrected chi connectivity index (χ3v) is 5.45. The van der Waals surface area contributed by atoms with Gasteiger partial charge in [-0.1, -0.05) is 19.1 Å². The fourth-order valence-corrected chi connectivity index (χ4v) is 3.92. The lowest BCUT2D eigenvalue weighted by Gasteiger charge is -2.23. The zero-order chi connectivity index (χ0) is 22.8. The molecule has 4 rings (SSSR count). The van der Waals surface area contributed by atoms with E-state index in [9.17, 15) is 14.7 Å². The van der Waals surface area contributed by atoms with E-state index in [1.807, 2.05) is 39.0 Å². The summed E-state index contributed by atoms with van der Waals surface area (Å²) in [5.41, 5.74) is 2.76. The van der Waals surface area contributed by atoms with Gasteiger partial charge in [-0.15, -0.1) is 0 Å². The highest BCUT2D eigenvalue weighted by Crippen LogP contribution is 2.42. The topological polar surface area (TPSA) is 80.0 Å². The van der Waals surface area contributed by atoms with Crippen LogP contribution in [0.2, 0.25) is 0 Å². The molecule has 0 radical (unpaired) electrons. The van der Waals surface area contributed by atoms with Crippen molar-refractivity contribution < 1.29 is 23.8 Å². The van der Waals surface area contributed by atoms with Crippen molar-refractivity contribution >= 4 is 23.1 Å². The SMILES string of the molecule is CCCOc1ccc(/C(O)=C2/C(=O)C(=O)N(c3cccc(C)c3)C2c2ccco2)cc1C. The first-order valence-electron chi connectivity index (χ1n) is 10.6. The third kappa shape index (κ3) is 3.80. The van der Waals surface area contributed by atoms with Crippen LogP contribution in [0.5, 0.6) is 5.75 Å². The molecule has 6 nitrogen and oxygen atoms in total. The van der Waals surface area contributed by atoms with Gasteiger partial charge in [-0.2, -0.15) is 0 Å². The number of amides is 1. The van der Waals surface area contributed by atoms with E-state index in [4.69, 9.17) is 9.15 Å². The molecule has 2 aromatic carbocycles. The van der Waals surface area contributed by atoms with Gasteiger partial charge in [0, 0.05) is 11.3 Å². The Labute approximate surface area is 186 Å². The van der Waals surface area contributed by atoms with E-state index in [-0.39, 0.29) is 11.3 Å². The molecule has 1 aliphatic rings. The highest BCUT2D eigenvalue weighted by molar-refractivity contribution is 6.51. The number of aliphatic hydroxyl groups is 1. The van der Waals surface area contributed by atoms with E-state index in [1.165, 1.54) is 11.2 Å². The standard InChI is InChI=1S/C26H25NO5/c1-4-12-31-20-11-10-18(15-17(20)3)24(28)22-23(21-9-6-13-32-21)27(26(30)25(22)29)19-8-5-7-16(2)14-19/h5-11,13-15,23,28H,4,12H2,1-3H3/b24-22-. The minimum absolute atomic E-state index is 0.00640. The molecule has 0 saturated carbocycles. The molecule has 3 aromatic rings. The van der Waals surface area contributed by atoms with Crippen molar-refractivity contribution in [1.82, 2.24) is 0 Å². The molecule has 164 valence electrons. The van der Waals surface area contributed by atoms with Crippen molar-refractivity contribution in [3.8, 4) is 5.75 Å². The van der Waals surface area contributed by atoms with E-state index >= 15 is 0 Å². The number of ether oxygens (including phenoxy) is 1.